The van der Waals surface area contributed by atoms with Gasteiger partial charge in [0.05, 0.1) is 0 Å². The van der Waals surface area contributed by atoms with Crippen LogP contribution in [-0.2, 0) is 6.42 Å². The maximum Gasteiger partial charge on any atom is 0.129 e. The van der Waals surface area contributed by atoms with Gasteiger partial charge in [0.15, 0.2) is 0 Å². The molecule has 2 heteroatoms. The number of hydrogen-bond donors (Lipinski definition) is 0. The lowest BCUT2D eigenvalue weighted by Crippen LogP contribution is -2.28. The van der Waals surface area contributed by atoms with E-state index < -0.39 is 5.82 Å². The largest absolute Gasteiger partial charge is 0.207 e. The highest BCUT2D eigenvalue weighted by atomic mass is 19.1. The Morgan fingerprint density at radius 3 is 2.79 bits per heavy atom. The Bertz CT molecular complexity index is 504. The summed E-state index contributed by atoms with van der Waals surface area (Å²) in [6, 6.07) is 2.61. The van der Waals surface area contributed by atoms with E-state index in [1.807, 2.05) is 0 Å². The molecule has 0 nitrogen and oxygen atoms in total. The molecule has 0 saturated heterocycles. The van der Waals surface area contributed by atoms with E-state index in [1.54, 1.807) is 6.07 Å². The summed E-state index contributed by atoms with van der Waals surface area (Å²) in [5, 5.41) is 0. The van der Waals surface area contributed by atoms with E-state index in [9.17, 15) is 8.78 Å². The van der Waals surface area contributed by atoms with Crippen LogP contribution in [0.4, 0.5) is 8.78 Å². The van der Waals surface area contributed by atoms with Gasteiger partial charge in [0, 0.05) is 6.07 Å². The van der Waals surface area contributed by atoms with Gasteiger partial charge in [0.2, 0.25) is 0 Å². The van der Waals surface area contributed by atoms with Crippen molar-refractivity contribution >= 4 is 0 Å². The zero-order valence-electron chi connectivity index (χ0n) is 11.3. The molecule has 19 heavy (non-hydrogen) atoms. The number of halogens is 2. The highest BCUT2D eigenvalue weighted by Gasteiger charge is 2.35. The van der Waals surface area contributed by atoms with Crippen LogP contribution in [0.3, 0.4) is 0 Å². The molecule has 1 aromatic carbocycles. The van der Waals surface area contributed by atoms with Crippen molar-refractivity contribution in [1.29, 1.82) is 0 Å². The van der Waals surface area contributed by atoms with Crippen molar-refractivity contribution in [3.05, 3.63) is 47.0 Å². The summed E-state index contributed by atoms with van der Waals surface area (Å²) in [7, 11) is 0. The molecular weight excluding hydrogens is 242 g/mol. The minimum atomic E-state index is -0.424. The first-order chi connectivity index (χ1) is 9.19. The van der Waals surface area contributed by atoms with Gasteiger partial charge in [0.1, 0.15) is 11.6 Å². The molecule has 1 aromatic rings. The molecule has 0 amide bonds. The van der Waals surface area contributed by atoms with Gasteiger partial charge in [0.25, 0.3) is 0 Å². The van der Waals surface area contributed by atoms with Crippen LogP contribution in [0.25, 0.3) is 0 Å². The van der Waals surface area contributed by atoms with Gasteiger partial charge >= 0.3 is 0 Å². The second-order valence-electron chi connectivity index (χ2n) is 5.96. The van der Waals surface area contributed by atoms with Crippen molar-refractivity contribution in [2.24, 2.45) is 11.8 Å². The number of rotatable bonds is 1. The number of fused-ring (bicyclic) bond motifs is 3. The minimum Gasteiger partial charge on any atom is -0.207 e. The van der Waals surface area contributed by atoms with Crippen LogP contribution in [0.2, 0.25) is 0 Å². The van der Waals surface area contributed by atoms with Crippen LogP contribution in [0.1, 0.15) is 49.7 Å². The van der Waals surface area contributed by atoms with E-state index in [-0.39, 0.29) is 5.82 Å². The molecule has 1 fully saturated rings. The van der Waals surface area contributed by atoms with E-state index >= 15 is 0 Å². The molecule has 0 spiro atoms. The molecule has 2 aliphatic carbocycles. The van der Waals surface area contributed by atoms with Crippen LogP contribution in [0.5, 0.6) is 0 Å². The fraction of sp³-hybridized carbons (Fsp3) is 0.529. The van der Waals surface area contributed by atoms with E-state index in [2.05, 4.69) is 19.1 Å². The van der Waals surface area contributed by atoms with Gasteiger partial charge < -0.3 is 0 Å². The number of allylic oxidation sites excluding steroid dienone is 2. The zero-order valence-corrected chi connectivity index (χ0v) is 11.3. The third kappa shape index (κ3) is 2.33. The van der Waals surface area contributed by atoms with Crippen molar-refractivity contribution < 1.29 is 8.78 Å². The molecule has 0 N–H and O–H groups in total. The summed E-state index contributed by atoms with van der Waals surface area (Å²) in [5.74, 6) is 0.863. The molecule has 0 aromatic heterocycles. The van der Waals surface area contributed by atoms with Crippen LogP contribution in [0, 0.1) is 23.5 Å². The quantitative estimate of drug-likeness (QED) is 0.626. The average molecular weight is 262 g/mol. The lowest BCUT2D eigenvalue weighted by Gasteiger charge is -2.40. The predicted molar refractivity (Wildman–Crippen MR) is 73.1 cm³/mol. The third-order valence-corrected chi connectivity index (χ3v) is 4.85. The molecule has 102 valence electrons. The van der Waals surface area contributed by atoms with Crippen molar-refractivity contribution in [2.45, 2.75) is 44.9 Å². The Hall–Kier alpha value is -1.18. The van der Waals surface area contributed by atoms with Crippen LogP contribution < -0.4 is 0 Å². The fourth-order valence-corrected chi connectivity index (χ4v) is 4.02. The first kappa shape index (κ1) is 12.8. The second-order valence-corrected chi connectivity index (χ2v) is 5.96. The molecule has 3 rings (SSSR count). The Morgan fingerprint density at radius 2 is 2.00 bits per heavy atom. The Morgan fingerprint density at radius 1 is 1.16 bits per heavy atom. The summed E-state index contributed by atoms with van der Waals surface area (Å²) in [5.41, 5.74) is 1.72. The Labute approximate surface area is 113 Å². The lowest BCUT2D eigenvalue weighted by molar-refractivity contribution is 0.234. The van der Waals surface area contributed by atoms with Gasteiger partial charge in [-0.25, -0.2) is 8.78 Å². The maximum atomic E-state index is 13.8. The lowest BCUT2D eigenvalue weighted by atomic mass is 9.65. The van der Waals surface area contributed by atoms with E-state index in [0.29, 0.717) is 17.8 Å². The Balaban J connectivity index is 1.90. The zero-order chi connectivity index (χ0) is 13.4. The van der Waals surface area contributed by atoms with Crippen LogP contribution >= 0.6 is 0 Å². The molecule has 3 unspecified atom stereocenters. The van der Waals surface area contributed by atoms with E-state index in [0.717, 1.165) is 42.9 Å². The van der Waals surface area contributed by atoms with Gasteiger partial charge in [-0.05, 0) is 74.0 Å². The van der Waals surface area contributed by atoms with Crippen molar-refractivity contribution in [1.82, 2.24) is 0 Å². The van der Waals surface area contributed by atoms with Crippen molar-refractivity contribution in [2.75, 3.05) is 0 Å². The molecule has 0 radical (unpaired) electrons. The van der Waals surface area contributed by atoms with Gasteiger partial charge in [-0.2, -0.15) is 0 Å². The smallest absolute Gasteiger partial charge is 0.129 e. The average Bonchev–Trinajstić information content (AvgIpc) is 2.38. The van der Waals surface area contributed by atoms with E-state index in [4.69, 9.17) is 0 Å². The summed E-state index contributed by atoms with van der Waals surface area (Å²) in [4.78, 5) is 0. The summed E-state index contributed by atoms with van der Waals surface area (Å²) in [6.07, 6.45) is 9.61. The SMILES string of the molecule is CC=CC1CCC2c3cc(F)cc(F)c3CCC2C1. The highest BCUT2D eigenvalue weighted by Crippen LogP contribution is 2.47. The third-order valence-electron chi connectivity index (χ3n) is 4.85. The molecule has 2 aliphatic rings. The highest BCUT2D eigenvalue weighted by molar-refractivity contribution is 5.36. The monoisotopic (exact) mass is 262 g/mol. The van der Waals surface area contributed by atoms with Crippen LogP contribution in [-0.4, -0.2) is 0 Å². The predicted octanol–water partition coefficient (Wildman–Crippen LogP) is 4.99. The molecule has 0 heterocycles. The number of hydrogen-bond acceptors (Lipinski definition) is 0. The molecular formula is C17H20F2. The maximum absolute atomic E-state index is 13.8. The molecule has 0 bridgehead atoms. The Kier molecular flexibility index (Phi) is 3.42. The van der Waals surface area contributed by atoms with Gasteiger partial charge in [-0.15, -0.1) is 0 Å². The van der Waals surface area contributed by atoms with Gasteiger partial charge in [-0.1, -0.05) is 12.2 Å². The second kappa shape index (κ2) is 5.07. The normalized spacial score (nSPS) is 30.2. The summed E-state index contributed by atoms with van der Waals surface area (Å²) >= 11 is 0. The fourth-order valence-electron chi connectivity index (χ4n) is 4.02. The summed E-state index contributed by atoms with van der Waals surface area (Å²) < 4.78 is 27.3. The first-order valence-electron chi connectivity index (χ1n) is 7.29. The molecule has 3 atom stereocenters. The van der Waals surface area contributed by atoms with Crippen LogP contribution in [0.15, 0.2) is 24.3 Å². The van der Waals surface area contributed by atoms with Gasteiger partial charge in [-0.3, -0.25) is 0 Å². The van der Waals surface area contributed by atoms with E-state index in [1.165, 1.54) is 6.42 Å². The van der Waals surface area contributed by atoms with Crippen molar-refractivity contribution in [3.63, 3.8) is 0 Å². The first-order valence-corrected chi connectivity index (χ1v) is 7.29. The van der Waals surface area contributed by atoms with Crippen molar-refractivity contribution in [3.8, 4) is 0 Å². The molecule has 0 aliphatic heterocycles. The topological polar surface area (TPSA) is 0 Å². The summed E-state index contributed by atoms with van der Waals surface area (Å²) in [6.45, 7) is 2.06. The standard InChI is InChI=1S/C17H20F2/c1-2-3-11-4-6-14-12(8-11)5-7-15-16(14)9-13(18)10-17(15)19/h2-3,9-12,14H,4-8H2,1H3. The molecule has 1 saturated carbocycles. The number of benzene rings is 1. The minimum absolute atomic E-state index is 0.343.